The Morgan fingerprint density at radius 1 is 1.56 bits per heavy atom. The topological polar surface area (TPSA) is 72.9 Å². The van der Waals surface area contributed by atoms with Crippen molar-refractivity contribution in [2.24, 2.45) is 5.92 Å². The second kappa shape index (κ2) is 4.80. The first-order chi connectivity index (χ1) is 8.49. The Morgan fingerprint density at radius 2 is 2.28 bits per heavy atom. The highest BCUT2D eigenvalue weighted by Crippen LogP contribution is 2.23. The van der Waals surface area contributed by atoms with E-state index in [-0.39, 0.29) is 36.9 Å². The average Bonchev–Trinajstić information content (AvgIpc) is 2.86. The summed E-state index contributed by atoms with van der Waals surface area (Å²) in [5.41, 5.74) is 0.555. The van der Waals surface area contributed by atoms with E-state index in [4.69, 9.17) is 9.47 Å². The fraction of sp³-hybridized carbons (Fsp3) is 0.583. The van der Waals surface area contributed by atoms with Crippen molar-refractivity contribution in [1.82, 2.24) is 4.90 Å². The predicted molar refractivity (Wildman–Crippen MR) is 60.5 cm³/mol. The maximum atomic E-state index is 11.8. The van der Waals surface area contributed by atoms with Crippen LogP contribution in [0.1, 0.15) is 20.3 Å². The van der Waals surface area contributed by atoms with Crippen LogP contribution in [0.3, 0.4) is 0 Å². The molecule has 1 saturated heterocycles. The van der Waals surface area contributed by atoms with Crippen LogP contribution in [0.25, 0.3) is 0 Å². The largest absolute Gasteiger partial charge is 0.454 e. The highest BCUT2D eigenvalue weighted by atomic mass is 16.6. The molecule has 6 heteroatoms. The van der Waals surface area contributed by atoms with Crippen molar-refractivity contribution >= 4 is 18.0 Å². The number of hydrogen-bond acceptors (Lipinski definition) is 5. The van der Waals surface area contributed by atoms with Crippen molar-refractivity contribution in [1.29, 1.82) is 0 Å². The van der Waals surface area contributed by atoms with Gasteiger partial charge >= 0.3 is 12.1 Å². The highest BCUT2D eigenvalue weighted by molar-refractivity contribution is 5.93. The number of imide groups is 1. The van der Waals surface area contributed by atoms with Gasteiger partial charge in [-0.2, -0.15) is 0 Å². The molecule has 0 spiro atoms. The van der Waals surface area contributed by atoms with E-state index in [0.29, 0.717) is 12.1 Å². The zero-order chi connectivity index (χ0) is 13.3. The SMILES string of the molecule is CC1=C[C@@H]([C@H](C)CC(=O)N2CCOC2=O)OC1=O. The number of rotatable bonds is 3. The molecule has 98 valence electrons. The lowest BCUT2D eigenvalue weighted by molar-refractivity contribution is -0.142. The molecule has 2 amide bonds. The lowest BCUT2D eigenvalue weighted by Gasteiger charge is -2.18. The molecule has 0 N–H and O–H groups in total. The zero-order valence-electron chi connectivity index (χ0n) is 10.3. The molecule has 2 heterocycles. The summed E-state index contributed by atoms with van der Waals surface area (Å²) in [5, 5.41) is 0. The van der Waals surface area contributed by atoms with Gasteiger partial charge in [-0.05, 0) is 13.0 Å². The van der Waals surface area contributed by atoms with Crippen molar-refractivity contribution in [3.05, 3.63) is 11.6 Å². The number of amides is 2. The quantitative estimate of drug-likeness (QED) is 0.697. The second-order valence-corrected chi connectivity index (χ2v) is 4.56. The average molecular weight is 253 g/mol. The van der Waals surface area contributed by atoms with Crippen molar-refractivity contribution < 1.29 is 23.9 Å². The number of carbonyl (C=O) groups excluding carboxylic acids is 3. The molecule has 1 fully saturated rings. The molecule has 2 aliphatic rings. The molecule has 2 aliphatic heterocycles. The van der Waals surface area contributed by atoms with Crippen LogP contribution in [0, 0.1) is 5.92 Å². The molecule has 0 aromatic heterocycles. The lowest BCUT2D eigenvalue weighted by atomic mass is 9.99. The van der Waals surface area contributed by atoms with Crippen LogP contribution in [0.5, 0.6) is 0 Å². The Bertz CT molecular complexity index is 428. The highest BCUT2D eigenvalue weighted by Gasteiger charge is 2.33. The van der Waals surface area contributed by atoms with Crippen molar-refractivity contribution in [2.45, 2.75) is 26.4 Å². The molecule has 0 aliphatic carbocycles. The van der Waals surface area contributed by atoms with Crippen LogP contribution < -0.4 is 0 Å². The van der Waals surface area contributed by atoms with E-state index in [9.17, 15) is 14.4 Å². The Hall–Kier alpha value is -1.85. The summed E-state index contributed by atoms with van der Waals surface area (Å²) in [6.07, 6.45) is 0.877. The molecule has 0 radical (unpaired) electrons. The number of cyclic esters (lactones) is 2. The molecule has 18 heavy (non-hydrogen) atoms. The number of esters is 1. The monoisotopic (exact) mass is 253 g/mol. The third kappa shape index (κ3) is 2.37. The fourth-order valence-corrected chi connectivity index (χ4v) is 1.97. The number of ether oxygens (including phenoxy) is 2. The minimum Gasteiger partial charge on any atom is -0.454 e. The minimum atomic E-state index is -0.595. The summed E-state index contributed by atoms with van der Waals surface area (Å²) >= 11 is 0. The first kappa shape index (κ1) is 12.6. The summed E-state index contributed by atoms with van der Waals surface area (Å²) in [6, 6.07) is 0. The van der Waals surface area contributed by atoms with E-state index in [1.54, 1.807) is 13.0 Å². The summed E-state index contributed by atoms with van der Waals surface area (Å²) in [7, 11) is 0. The predicted octanol–water partition coefficient (Wildman–Crippen LogP) is 0.863. The van der Waals surface area contributed by atoms with Gasteiger partial charge in [0.2, 0.25) is 5.91 Å². The van der Waals surface area contributed by atoms with Gasteiger partial charge in [0.1, 0.15) is 12.7 Å². The summed E-state index contributed by atoms with van der Waals surface area (Å²) in [5.74, 6) is -0.800. The van der Waals surface area contributed by atoms with Gasteiger partial charge in [0.15, 0.2) is 0 Å². The van der Waals surface area contributed by atoms with Gasteiger partial charge in [0.05, 0.1) is 6.54 Å². The maximum Gasteiger partial charge on any atom is 0.416 e. The van der Waals surface area contributed by atoms with E-state index >= 15 is 0 Å². The molecule has 0 unspecified atom stereocenters. The van der Waals surface area contributed by atoms with Crippen LogP contribution in [0.15, 0.2) is 11.6 Å². The summed E-state index contributed by atoms with van der Waals surface area (Å²) in [6.45, 7) is 4.03. The molecule has 6 nitrogen and oxygen atoms in total. The van der Waals surface area contributed by atoms with Crippen molar-refractivity contribution in [2.75, 3.05) is 13.2 Å². The van der Waals surface area contributed by atoms with Crippen LogP contribution in [-0.4, -0.2) is 42.1 Å². The van der Waals surface area contributed by atoms with E-state index < -0.39 is 6.09 Å². The van der Waals surface area contributed by atoms with Crippen LogP contribution >= 0.6 is 0 Å². The zero-order valence-corrected chi connectivity index (χ0v) is 10.3. The van der Waals surface area contributed by atoms with Gasteiger partial charge in [0.25, 0.3) is 0 Å². The third-order valence-electron chi connectivity index (χ3n) is 3.10. The van der Waals surface area contributed by atoms with Crippen molar-refractivity contribution in [3.8, 4) is 0 Å². The fourth-order valence-electron chi connectivity index (χ4n) is 1.97. The minimum absolute atomic E-state index is 0.150. The van der Waals surface area contributed by atoms with E-state index in [2.05, 4.69) is 0 Å². The third-order valence-corrected chi connectivity index (χ3v) is 3.10. The molecule has 2 atom stereocenters. The van der Waals surface area contributed by atoms with Crippen LogP contribution in [0.4, 0.5) is 4.79 Å². The maximum absolute atomic E-state index is 11.8. The number of hydrogen-bond donors (Lipinski definition) is 0. The first-order valence-corrected chi connectivity index (χ1v) is 5.85. The van der Waals surface area contributed by atoms with Crippen LogP contribution in [0.2, 0.25) is 0 Å². The van der Waals surface area contributed by atoms with E-state index in [0.717, 1.165) is 4.90 Å². The lowest BCUT2D eigenvalue weighted by Crippen LogP contribution is -2.34. The Labute approximate surface area is 105 Å². The molecule has 0 aromatic rings. The number of nitrogens with zero attached hydrogens (tertiary/aromatic N) is 1. The Balaban J connectivity index is 1.92. The first-order valence-electron chi connectivity index (χ1n) is 5.85. The molecule has 2 rings (SSSR count). The Kier molecular flexibility index (Phi) is 3.36. The second-order valence-electron chi connectivity index (χ2n) is 4.56. The normalized spacial score (nSPS) is 24.7. The molecule has 0 saturated carbocycles. The molecule has 0 aromatic carbocycles. The molecule has 0 bridgehead atoms. The van der Waals surface area contributed by atoms with Gasteiger partial charge in [-0.3, -0.25) is 4.79 Å². The van der Waals surface area contributed by atoms with E-state index in [1.807, 2.05) is 6.92 Å². The smallest absolute Gasteiger partial charge is 0.416 e. The molecular formula is C12H15NO5. The van der Waals surface area contributed by atoms with Gasteiger partial charge in [-0.1, -0.05) is 6.92 Å². The van der Waals surface area contributed by atoms with Crippen molar-refractivity contribution in [3.63, 3.8) is 0 Å². The Morgan fingerprint density at radius 3 is 2.78 bits per heavy atom. The van der Waals surface area contributed by atoms with Gasteiger partial charge in [0, 0.05) is 17.9 Å². The number of carbonyl (C=O) groups is 3. The van der Waals surface area contributed by atoms with Gasteiger partial charge in [-0.15, -0.1) is 0 Å². The van der Waals surface area contributed by atoms with E-state index in [1.165, 1.54) is 0 Å². The van der Waals surface area contributed by atoms with Crippen LogP contribution in [-0.2, 0) is 19.1 Å². The molecular weight excluding hydrogens is 238 g/mol. The standard InChI is InChI=1S/C12H15NO5/c1-7(9-5-8(2)11(15)18-9)6-10(14)13-3-4-17-12(13)16/h5,7,9H,3-4,6H2,1-2H3/t7-,9+/m1/s1. The van der Waals surface area contributed by atoms with Gasteiger partial charge in [-0.25, -0.2) is 14.5 Å². The summed E-state index contributed by atoms with van der Waals surface area (Å²) < 4.78 is 9.80. The summed E-state index contributed by atoms with van der Waals surface area (Å²) in [4.78, 5) is 35.4. The van der Waals surface area contributed by atoms with Gasteiger partial charge < -0.3 is 9.47 Å².